The standard InChI is InChI=1S/C32H35F2N3O5/c1-20-9-6-10-21(2)30(20)42-19-28(38)36-26(17-22-11-4-3-5-12-22)29(39)32(41)37-16-8-15-27(37)31(40)35-18-23-24(33)13-7-14-25(23)34/h3-7,9-14,26-27,29,39H,8,15-19H2,1-2H3,(H,35,40)(H,36,38)/t26-,27-,29-/m0/s1. The Morgan fingerprint density at radius 1 is 0.976 bits per heavy atom. The second kappa shape index (κ2) is 14.0. The van der Waals surface area contributed by atoms with Crippen molar-refractivity contribution in [2.24, 2.45) is 0 Å². The third-order valence-electron chi connectivity index (χ3n) is 7.37. The average Bonchev–Trinajstić information content (AvgIpc) is 3.46. The van der Waals surface area contributed by atoms with E-state index >= 15 is 0 Å². The van der Waals surface area contributed by atoms with Crippen LogP contribution in [0.5, 0.6) is 5.75 Å². The number of benzene rings is 3. The summed E-state index contributed by atoms with van der Waals surface area (Å²) >= 11 is 0. The van der Waals surface area contributed by atoms with Crippen molar-refractivity contribution in [1.82, 2.24) is 15.5 Å². The monoisotopic (exact) mass is 579 g/mol. The van der Waals surface area contributed by atoms with Crippen LogP contribution < -0.4 is 15.4 Å². The van der Waals surface area contributed by atoms with Crippen LogP contribution in [0.1, 0.15) is 35.1 Å². The zero-order chi connectivity index (χ0) is 30.2. The molecule has 0 aliphatic carbocycles. The number of nitrogens with one attached hydrogen (secondary N) is 2. The molecule has 1 aliphatic rings. The summed E-state index contributed by atoms with van der Waals surface area (Å²) in [6.45, 7) is 3.25. The number of hydrogen-bond acceptors (Lipinski definition) is 5. The maximum atomic E-state index is 14.0. The van der Waals surface area contributed by atoms with Gasteiger partial charge in [-0.1, -0.05) is 54.6 Å². The summed E-state index contributed by atoms with van der Waals surface area (Å²) in [6, 6.07) is 16.2. The number of aryl methyl sites for hydroxylation is 2. The summed E-state index contributed by atoms with van der Waals surface area (Å²) < 4.78 is 33.8. The SMILES string of the molecule is Cc1cccc(C)c1OCC(=O)N[C@@H](Cc1ccccc1)[C@H](O)C(=O)N1CCC[C@H]1C(=O)NCc1c(F)cccc1F. The quantitative estimate of drug-likeness (QED) is 0.323. The van der Waals surface area contributed by atoms with Crippen LogP contribution in [0.25, 0.3) is 0 Å². The minimum absolute atomic E-state index is 0.153. The summed E-state index contributed by atoms with van der Waals surface area (Å²) in [7, 11) is 0. The van der Waals surface area contributed by atoms with E-state index in [4.69, 9.17) is 4.74 Å². The Balaban J connectivity index is 1.44. The molecule has 1 heterocycles. The molecule has 222 valence electrons. The Bertz CT molecular complexity index is 1380. The normalized spacial score (nSPS) is 16.0. The van der Waals surface area contributed by atoms with E-state index in [1.165, 1.54) is 11.0 Å². The molecule has 1 aliphatic heterocycles. The number of hydrogen-bond donors (Lipinski definition) is 3. The summed E-state index contributed by atoms with van der Waals surface area (Å²) in [5.41, 5.74) is 2.24. The molecule has 0 spiro atoms. The van der Waals surface area contributed by atoms with Crippen molar-refractivity contribution in [3.8, 4) is 5.75 Å². The van der Waals surface area contributed by atoms with Crippen LogP contribution in [0.3, 0.4) is 0 Å². The fourth-order valence-electron chi connectivity index (χ4n) is 5.16. The van der Waals surface area contributed by atoms with Gasteiger partial charge in [0.05, 0.1) is 6.04 Å². The molecule has 0 aromatic heterocycles. The minimum atomic E-state index is -1.66. The zero-order valence-corrected chi connectivity index (χ0v) is 23.6. The van der Waals surface area contributed by atoms with E-state index in [1.54, 1.807) is 0 Å². The molecule has 1 fully saturated rings. The summed E-state index contributed by atoms with van der Waals surface area (Å²) in [4.78, 5) is 40.7. The van der Waals surface area contributed by atoms with Gasteiger partial charge in [0.2, 0.25) is 5.91 Å². The lowest BCUT2D eigenvalue weighted by atomic mass is 9.99. The topological polar surface area (TPSA) is 108 Å². The van der Waals surface area contributed by atoms with Gasteiger partial charge >= 0.3 is 0 Å². The van der Waals surface area contributed by atoms with Gasteiger partial charge < -0.3 is 25.4 Å². The van der Waals surface area contributed by atoms with Gasteiger partial charge in [0.25, 0.3) is 11.8 Å². The van der Waals surface area contributed by atoms with Crippen LogP contribution in [-0.4, -0.2) is 59.1 Å². The molecule has 3 N–H and O–H groups in total. The van der Waals surface area contributed by atoms with E-state index in [2.05, 4.69) is 10.6 Å². The predicted octanol–water partition coefficient (Wildman–Crippen LogP) is 3.36. The van der Waals surface area contributed by atoms with Gasteiger partial charge in [-0.3, -0.25) is 14.4 Å². The van der Waals surface area contributed by atoms with Crippen molar-refractivity contribution in [2.75, 3.05) is 13.2 Å². The molecule has 10 heteroatoms. The Labute approximate surface area is 243 Å². The number of carbonyl (C=O) groups excluding carboxylic acids is 3. The van der Waals surface area contributed by atoms with Crippen LogP contribution in [0.2, 0.25) is 0 Å². The minimum Gasteiger partial charge on any atom is -0.483 e. The molecule has 0 saturated carbocycles. The zero-order valence-electron chi connectivity index (χ0n) is 23.6. The van der Waals surface area contributed by atoms with E-state index in [-0.39, 0.29) is 31.7 Å². The number of para-hydroxylation sites is 1. The lowest BCUT2D eigenvalue weighted by Crippen LogP contribution is -2.56. The maximum absolute atomic E-state index is 14.0. The van der Waals surface area contributed by atoms with Crippen molar-refractivity contribution in [3.63, 3.8) is 0 Å². The fraction of sp³-hybridized carbons (Fsp3) is 0.344. The highest BCUT2D eigenvalue weighted by atomic mass is 19.1. The van der Waals surface area contributed by atoms with Gasteiger partial charge in [-0.15, -0.1) is 0 Å². The highest BCUT2D eigenvalue weighted by molar-refractivity contribution is 5.90. The number of carbonyl (C=O) groups is 3. The second-order valence-electron chi connectivity index (χ2n) is 10.4. The number of rotatable bonds is 11. The number of aliphatic hydroxyl groups excluding tert-OH is 1. The number of aliphatic hydroxyl groups is 1. The van der Waals surface area contributed by atoms with Gasteiger partial charge in [-0.25, -0.2) is 8.78 Å². The van der Waals surface area contributed by atoms with Gasteiger partial charge in [-0.05, 0) is 61.9 Å². The van der Waals surface area contributed by atoms with E-state index in [0.29, 0.717) is 18.6 Å². The largest absolute Gasteiger partial charge is 0.483 e. The molecule has 42 heavy (non-hydrogen) atoms. The first-order chi connectivity index (χ1) is 20.2. The number of ether oxygens (including phenoxy) is 1. The van der Waals surface area contributed by atoms with Gasteiger partial charge in [0.15, 0.2) is 12.7 Å². The number of amides is 3. The highest BCUT2D eigenvalue weighted by Gasteiger charge is 2.39. The third kappa shape index (κ3) is 7.50. The predicted molar refractivity (Wildman–Crippen MR) is 152 cm³/mol. The van der Waals surface area contributed by atoms with Crippen molar-refractivity contribution in [2.45, 2.75) is 57.8 Å². The summed E-state index contributed by atoms with van der Waals surface area (Å²) in [6.07, 6.45) is -0.681. The summed E-state index contributed by atoms with van der Waals surface area (Å²) in [5.74, 6) is -2.81. The number of nitrogens with zero attached hydrogens (tertiary/aromatic N) is 1. The molecule has 3 aromatic rings. The van der Waals surface area contributed by atoms with Crippen LogP contribution in [0, 0.1) is 25.5 Å². The van der Waals surface area contributed by atoms with Crippen LogP contribution in [0.4, 0.5) is 8.78 Å². The van der Waals surface area contributed by atoms with Crippen LogP contribution in [0.15, 0.2) is 66.7 Å². The van der Waals surface area contributed by atoms with Crippen LogP contribution in [-0.2, 0) is 27.3 Å². The van der Waals surface area contributed by atoms with Gasteiger partial charge in [0.1, 0.15) is 23.4 Å². The third-order valence-corrected chi connectivity index (χ3v) is 7.37. The molecular formula is C32H35F2N3O5. The van der Waals surface area contributed by atoms with Crippen molar-refractivity contribution < 1.29 is 33.0 Å². The average molecular weight is 580 g/mol. The molecule has 8 nitrogen and oxygen atoms in total. The molecule has 4 rings (SSSR count). The van der Waals surface area contributed by atoms with E-state index < -0.39 is 47.5 Å². The lowest BCUT2D eigenvalue weighted by Gasteiger charge is -2.30. The highest BCUT2D eigenvalue weighted by Crippen LogP contribution is 2.23. The fourth-order valence-corrected chi connectivity index (χ4v) is 5.16. The van der Waals surface area contributed by atoms with Crippen molar-refractivity contribution in [3.05, 3.63) is 101 Å². The first-order valence-corrected chi connectivity index (χ1v) is 13.9. The second-order valence-corrected chi connectivity index (χ2v) is 10.4. The Morgan fingerprint density at radius 2 is 1.62 bits per heavy atom. The van der Waals surface area contributed by atoms with Crippen molar-refractivity contribution >= 4 is 17.7 Å². The van der Waals surface area contributed by atoms with E-state index in [0.717, 1.165) is 28.8 Å². The molecule has 0 radical (unpaired) electrons. The smallest absolute Gasteiger partial charge is 0.258 e. The number of halogens is 2. The van der Waals surface area contributed by atoms with Gasteiger partial charge in [0, 0.05) is 18.7 Å². The first-order valence-electron chi connectivity index (χ1n) is 13.9. The molecule has 3 amide bonds. The molecular weight excluding hydrogens is 544 g/mol. The molecule has 3 atom stereocenters. The molecule has 0 bridgehead atoms. The van der Waals surface area contributed by atoms with Crippen molar-refractivity contribution in [1.29, 1.82) is 0 Å². The van der Waals surface area contributed by atoms with E-state index in [1.807, 2.05) is 62.4 Å². The molecule has 1 saturated heterocycles. The molecule has 0 unspecified atom stereocenters. The summed E-state index contributed by atoms with van der Waals surface area (Å²) in [5, 5.41) is 16.5. The Kier molecular flexibility index (Phi) is 10.2. The van der Waals surface area contributed by atoms with Gasteiger partial charge in [-0.2, -0.15) is 0 Å². The number of likely N-dealkylation sites (tertiary alicyclic amines) is 1. The van der Waals surface area contributed by atoms with Crippen LogP contribution >= 0.6 is 0 Å². The Morgan fingerprint density at radius 3 is 2.29 bits per heavy atom. The Hall–Kier alpha value is -4.31. The maximum Gasteiger partial charge on any atom is 0.258 e. The molecule has 3 aromatic carbocycles. The lowest BCUT2D eigenvalue weighted by molar-refractivity contribution is -0.147. The first kappa shape index (κ1) is 30.6. The van der Waals surface area contributed by atoms with E-state index in [9.17, 15) is 28.3 Å².